The van der Waals surface area contributed by atoms with Crippen LogP contribution in [0.15, 0.2) is 0 Å². The minimum absolute atomic E-state index is 0.0858. The molecule has 0 bridgehead atoms. The van der Waals surface area contributed by atoms with Crippen molar-refractivity contribution < 1.29 is 9.53 Å². The van der Waals surface area contributed by atoms with Gasteiger partial charge in [0.2, 0.25) is 5.91 Å². The number of nitrogens with zero attached hydrogens (tertiary/aromatic N) is 1. The molecule has 0 spiro atoms. The molecule has 1 N–H and O–H groups in total. The Kier molecular flexibility index (Phi) is 7.28. The lowest BCUT2D eigenvalue weighted by Gasteiger charge is -2.32. The van der Waals surface area contributed by atoms with Crippen LogP contribution in [-0.2, 0) is 9.53 Å². The van der Waals surface area contributed by atoms with Crippen LogP contribution in [0.5, 0.6) is 0 Å². The molecule has 0 saturated carbocycles. The second-order valence-corrected chi connectivity index (χ2v) is 5.41. The average molecular weight is 256 g/mol. The van der Waals surface area contributed by atoms with Gasteiger partial charge in [-0.15, -0.1) is 0 Å². The summed E-state index contributed by atoms with van der Waals surface area (Å²) < 4.78 is 5.39. The maximum absolute atomic E-state index is 11.5. The highest BCUT2D eigenvalue weighted by Gasteiger charge is 2.20. The van der Waals surface area contributed by atoms with Gasteiger partial charge in [-0.25, -0.2) is 0 Å². The molecule has 18 heavy (non-hydrogen) atoms. The van der Waals surface area contributed by atoms with Crippen LogP contribution < -0.4 is 5.32 Å². The molecule has 1 fully saturated rings. The number of hydrogen-bond acceptors (Lipinski definition) is 3. The SMILES string of the molecule is CCOCCN1CCCC(CNC(=O)C(C)C)C1. The van der Waals surface area contributed by atoms with Gasteiger partial charge in [-0.2, -0.15) is 0 Å². The van der Waals surface area contributed by atoms with Gasteiger partial charge in [0.1, 0.15) is 0 Å². The molecule has 0 aliphatic carbocycles. The third-order valence-electron chi connectivity index (χ3n) is 3.45. The molecular weight excluding hydrogens is 228 g/mol. The largest absolute Gasteiger partial charge is 0.380 e. The molecule has 1 rings (SSSR count). The highest BCUT2D eigenvalue weighted by molar-refractivity contribution is 5.77. The van der Waals surface area contributed by atoms with E-state index in [-0.39, 0.29) is 11.8 Å². The van der Waals surface area contributed by atoms with Gasteiger partial charge in [0.05, 0.1) is 6.61 Å². The second kappa shape index (κ2) is 8.48. The van der Waals surface area contributed by atoms with Gasteiger partial charge in [-0.1, -0.05) is 13.8 Å². The Morgan fingerprint density at radius 3 is 2.94 bits per heavy atom. The summed E-state index contributed by atoms with van der Waals surface area (Å²) in [6.45, 7) is 11.6. The first kappa shape index (κ1) is 15.4. The van der Waals surface area contributed by atoms with Gasteiger partial charge in [0.15, 0.2) is 0 Å². The molecule has 4 nitrogen and oxygen atoms in total. The molecule has 0 aromatic heterocycles. The number of carbonyl (C=O) groups excluding carboxylic acids is 1. The molecular formula is C14H28N2O2. The number of carbonyl (C=O) groups is 1. The molecule has 1 amide bonds. The monoisotopic (exact) mass is 256 g/mol. The first-order valence-corrected chi connectivity index (χ1v) is 7.21. The molecule has 106 valence electrons. The predicted molar refractivity (Wildman–Crippen MR) is 73.5 cm³/mol. The summed E-state index contributed by atoms with van der Waals surface area (Å²) in [5.74, 6) is 0.854. The smallest absolute Gasteiger partial charge is 0.222 e. The van der Waals surface area contributed by atoms with E-state index in [4.69, 9.17) is 4.74 Å². The average Bonchev–Trinajstić information content (AvgIpc) is 2.36. The van der Waals surface area contributed by atoms with E-state index in [2.05, 4.69) is 10.2 Å². The lowest BCUT2D eigenvalue weighted by Crippen LogP contribution is -2.42. The third-order valence-corrected chi connectivity index (χ3v) is 3.45. The fourth-order valence-corrected chi connectivity index (χ4v) is 2.31. The third kappa shape index (κ3) is 5.83. The maximum atomic E-state index is 11.5. The van der Waals surface area contributed by atoms with Crippen LogP contribution in [0, 0.1) is 11.8 Å². The van der Waals surface area contributed by atoms with Crippen molar-refractivity contribution >= 4 is 5.91 Å². The Bertz CT molecular complexity index is 244. The predicted octanol–water partition coefficient (Wildman–Crippen LogP) is 1.51. The van der Waals surface area contributed by atoms with Crippen LogP contribution in [0.4, 0.5) is 0 Å². The van der Waals surface area contributed by atoms with E-state index in [1.54, 1.807) is 0 Å². The summed E-state index contributed by atoms with van der Waals surface area (Å²) in [6, 6.07) is 0. The van der Waals surface area contributed by atoms with Gasteiger partial charge in [0.25, 0.3) is 0 Å². The van der Waals surface area contributed by atoms with E-state index in [9.17, 15) is 4.79 Å². The summed E-state index contributed by atoms with van der Waals surface area (Å²) in [7, 11) is 0. The van der Waals surface area contributed by atoms with Gasteiger partial charge >= 0.3 is 0 Å². The minimum atomic E-state index is 0.0858. The number of likely N-dealkylation sites (tertiary alicyclic amines) is 1. The zero-order chi connectivity index (χ0) is 13.4. The number of amides is 1. The Morgan fingerprint density at radius 1 is 1.50 bits per heavy atom. The molecule has 0 aromatic rings. The maximum Gasteiger partial charge on any atom is 0.222 e. The molecule has 1 atom stereocenters. The summed E-state index contributed by atoms with van der Waals surface area (Å²) >= 11 is 0. The summed E-state index contributed by atoms with van der Waals surface area (Å²) in [6.07, 6.45) is 2.46. The number of rotatable bonds is 7. The van der Waals surface area contributed by atoms with Crippen molar-refractivity contribution in [1.82, 2.24) is 10.2 Å². The van der Waals surface area contributed by atoms with E-state index in [1.165, 1.54) is 19.4 Å². The van der Waals surface area contributed by atoms with E-state index < -0.39 is 0 Å². The normalized spacial score (nSPS) is 21.2. The first-order valence-electron chi connectivity index (χ1n) is 7.21. The molecule has 0 aromatic carbocycles. The highest BCUT2D eigenvalue weighted by atomic mass is 16.5. The number of nitrogens with one attached hydrogen (secondary N) is 1. The molecule has 1 saturated heterocycles. The van der Waals surface area contributed by atoms with Gasteiger partial charge in [0, 0.05) is 32.2 Å². The number of hydrogen-bond donors (Lipinski definition) is 1. The van der Waals surface area contributed by atoms with Crippen LogP contribution in [-0.4, -0.2) is 50.2 Å². The van der Waals surface area contributed by atoms with Crippen molar-refractivity contribution in [2.24, 2.45) is 11.8 Å². The zero-order valence-corrected chi connectivity index (χ0v) is 12.1. The van der Waals surface area contributed by atoms with Crippen LogP contribution >= 0.6 is 0 Å². The van der Waals surface area contributed by atoms with Gasteiger partial charge < -0.3 is 15.0 Å². The van der Waals surface area contributed by atoms with E-state index in [0.29, 0.717) is 5.92 Å². The van der Waals surface area contributed by atoms with Crippen LogP contribution in [0.2, 0.25) is 0 Å². The molecule has 1 aliphatic rings. The molecule has 1 aliphatic heterocycles. The van der Waals surface area contributed by atoms with Crippen molar-refractivity contribution in [2.75, 3.05) is 39.4 Å². The van der Waals surface area contributed by atoms with E-state index in [1.807, 2.05) is 20.8 Å². The van der Waals surface area contributed by atoms with E-state index >= 15 is 0 Å². The van der Waals surface area contributed by atoms with Crippen molar-refractivity contribution in [1.29, 1.82) is 0 Å². The Labute approximate surface area is 111 Å². The fourth-order valence-electron chi connectivity index (χ4n) is 2.31. The van der Waals surface area contributed by atoms with Crippen molar-refractivity contribution in [3.05, 3.63) is 0 Å². The Morgan fingerprint density at radius 2 is 2.28 bits per heavy atom. The highest BCUT2D eigenvalue weighted by Crippen LogP contribution is 2.15. The van der Waals surface area contributed by atoms with Crippen LogP contribution in [0.25, 0.3) is 0 Å². The standard InChI is InChI=1S/C14H28N2O2/c1-4-18-9-8-16-7-5-6-13(11-16)10-15-14(17)12(2)3/h12-13H,4-11H2,1-3H3,(H,15,17). The lowest BCUT2D eigenvalue weighted by molar-refractivity contribution is -0.124. The number of piperidine rings is 1. The molecule has 1 heterocycles. The van der Waals surface area contributed by atoms with Gasteiger partial charge in [-0.3, -0.25) is 4.79 Å². The second-order valence-electron chi connectivity index (χ2n) is 5.41. The summed E-state index contributed by atoms with van der Waals surface area (Å²) in [4.78, 5) is 14.0. The van der Waals surface area contributed by atoms with Gasteiger partial charge in [-0.05, 0) is 32.2 Å². The molecule has 1 unspecified atom stereocenters. The topological polar surface area (TPSA) is 41.6 Å². The Balaban J connectivity index is 2.20. The first-order chi connectivity index (χ1) is 8.63. The Hall–Kier alpha value is -0.610. The lowest BCUT2D eigenvalue weighted by atomic mass is 9.98. The minimum Gasteiger partial charge on any atom is -0.380 e. The zero-order valence-electron chi connectivity index (χ0n) is 12.1. The summed E-state index contributed by atoms with van der Waals surface area (Å²) in [5.41, 5.74) is 0. The summed E-state index contributed by atoms with van der Waals surface area (Å²) in [5, 5.41) is 3.04. The number of ether oxygens (including phenoxy) is 1. The van der Waals surface area contributed by atoms with E-state index in [0.717, 1.165) is 32.8 Å². The van der Waals surface area contributed by atoms with Crippen LogP contribution in [0.3, 0.4) is 0 Å². The molecule has 4 heteroatoms. The van der Waals surface area contributed by atoms with Crippen LogP contribution in [0.1, 0.15) is 33.6 Å². The van der Waals surface area contributed by atoms with Crippen molar-refractivity contribution in [3.8, 4) is 0 Å². The van der Waals surface area contributed by atoms with Crippen molar-refractivity contribution in [3.63, 3.8) is 0 Å². The quantitative estimate of drug-likeness (QED) is 0.702. The molecule has 0 radical (unpaired) electrons. The fraction of sp³-hybridized carbons (Fsp3) is 0.929. The van der Waals surface area contributed by atoms with Crippen molar-refractivity contribution in [2.45, 2.75) is 33.6 Å².